The zero-order valence-corrected chi connectivity index (χ0v) is 17.5. The third-order valence-corrected chi connectivity index (χ3v) is 6.97. The predicted octanol–water partition coefficient (Wildman–Crippen LogP) is 4.55. The standard InChI is InChI=1S/C19H30N4S2/c1-14(2)18-20-16(12-24-18)10-22-6-5-7-23(9-8-22)11-17-13-25-19(21-17)15(3)4/h12-15H,5-11H2,1-4H3. The molecule has 0 N–H and O–H groups in total. The molecule has 1 aliphatic heterocycles. The van der Waals surface area contributed by atoms with Crippen LogP contribution in [0.2, 0.25) is 0 Å². The van der Waals surface area contributed by atoms with Crippen molar-refractivity contribution in [2.45, 2.75) is 59.0 Å². The number of aromatic nitrogens is 2. The molecule has 0 aromatic carbocycles. The SMILES string of the molecule is CC(C)c1nc(CN2CCCN(Cc3csc(C(C)C)n3)CC2)cs1. The molecule has 3 rings (SSSR count). The maximum atomic E-state index is 4.80. The van der Waals surface area contributed by atoms with E-state index in [1.165, 1.54) is 40.9 Å². The molecular formula is C19H30N4S2. The van der Waals surface area contributed by atoms with Gasteiger partial charge in [0.15, 0.2) is 0 Å². The molecule has 0 unspecified atom stereocenters. The quantitative estimate of drug-likeness (QED) is 0.738. The molecule has 0 saturated carbocycles. The Bertz CT molecular complexity index is 606. The third-order valence-electron chi connectivity index (χ3n) is 4.58. The Morgan fingerprint density at radius 2 is 1.24 bits per heavy atom. The molecule has 6 heteroatoms. The molecule has 0 amide bonds. The van der Waals surface area contributed by atoms with Gasteiger partial charge < -0.3 is 0 Å². The highest BCUT2D eigenvalue weighted by Gasteiger charge is 2.17. The van der Waals surface area contributed by atoms with Gasteiger partial charge in [0, 0.05) is 48.8 Å². The van der Waals surface area contributed by atoms with Crippen LogP contribution < -0.4 is 0 Å². The van der Waals surface area contributed by atoms with Gasteiger partial charge in [0.1, 0.15) is 0 Å². The van der Waals surface area contributed by atoms with Crippen molar-refractivity contribution in [3.63, 3.8) is 0 Å². The molecule has 0 bridgehead atoms. The summed E-state index contributed by atoms with van der Waals surface area (Å²) in [5, 5.41) is 6.99. The van der Waals surface area contributed by atoms with Gasteiger partial charge >= 0.3 is 0 Å². The van der Waals surface area contributed by atoms with Crippen LogP contribution in [0.25, 0.3) is 0 Å². The van der Waals surface area contributed by atoms with Gasteiger partial charge in [-0.25, -0.2) is 9.97 Å². The molecule has 0 radical (unpaired) electrons. The predicted molar refractivity (Wildman–Crippen MR) is 108 cm³/mol. The van der Waals surface area contributed by atoms with Crippen molar-refractivity contribution < 1.29 is 0 Å². The molecule has 0 aliphatic carbocycles. The van der Waals surface area contributed by atoms with Gasteiger partial charge in [-0.15, -0.1) is 22.7 Å². The molecular weight excluding hydrogens is 348 g/mol. The second-order valence-corrected chi connectivity index (χ2v) is 9.35. The van der Waals surface area contributed by atoms with Crippen LogP contribution in [0.15, 0.2) is 10.8 Å². The third kappa shape index (κ3) is 5.33. The van der Waals surface area contributed by atoms with Crippen LogP contribution in [-0.4, -0.2) is 45.9 Å². The highest BCUT2D eigenvalue weighted by molar-refractivity contribution is 7.10. The van der Waals surface area contributed by atoms with Gasteiger partial charge in [0.25, 0.3) is 0 Å². The first-order valence-electron chi connectivity index (χ1n) is 9.34. The first kappa shape index (κ1) is 19.0. The summed E-state index contributed by atoms with van der Waals surface area (Å²) in [6.45, 7) is 15.4. The average molecular weight is 379 g/mol. The molecule has 3 heterocycles. The van der Waals surface area contributed by atoms with Crippen LogP contribution in [0, 0.1) is 0 Å². The Balaban J connectivity index is 1.51. The Hall–Kier alpha value is -0.820. The van der Waals surface area contributed by atoms with Crippen molar-refractivity contribution in [2.24, 2.45) is 0 Å². The lowest BCUT2D eigenvalue weighted by Gasteiger charge is -2.20. The Morgan fingerprint density at radius 3 is 1.60 bits per heavy atom. The summed E-state index contributed by atoms with van der Waals surface area (Å²) < 4.78 is 0. The van der Waals surface area contributed by atoms with Crippen molar-refractivity contribution >= 4 is 22.7 Å². The van der Waals surface area contributed by atoms with Gasteiger partial charge in [-0.05, 0) is 19.5 Å². The molecule has 138 valence electrons. The van der Waals surface area contributed by atoms with Crippen molar-refractivity contribution in [1.82, 2.24) is 19.8 Å². The number of nitrogens with zero attached hydrogens (tertiary/aromatic N) is 4. The van der Waals surface area contributed by atoms with E-state index in [9.17, 15) is 0 Å². The Labute approximate surface area is 159 Å². The van der Waals surface area contributed by atoms with Gasteiger partial charge in [-0.2, -0.15) is 0 Å². The number of hydrogen-bond acceptors (Lipinski definition) is 6. The number of thiazole rings is 2. The minimum atomic E-state index is 0.534. The molecule has 0 spiro atoms. The molecule has 25 heavy (non-hydrogen) atoms. The van der Waals surface area contributed by atoms with Crippen molar-refractivity contribution in [3.8, 4) is 0 Å². The summed E-state index contributed by atoms with van der Waals surface area (Å²) in [7, 11) is 0. The molecule has 2 aromatic heterocycles. The normalized spacial score (nSPS) is 17.5. The fourth-order valence-corrected chi connectivity index (χ4v) is 4.77. The Morgan fingerprint density at radius 1 is 0.800 bits per heavy atom. The van der Waals surface area contributed by atoms with Gasteiger partial charge in [-0.1, -0.05) is 27.7 Å². The van der Waals surface area contributed by atoms with E-state index in [-0.39, 0.29) is 0 Å². The van der Waals surface area contributed by atoms with Gasteiger partial charge in [0.2, 0.25) is 0 Å². The topological polar surface area (TPSA) is 32.3 Å². The largest absolute Gasteiger partial charge is 0.296 e. The molecule has 1 fully saturated rings. The number of hydrogen-bond donors (Lipinski definition) is 0. The smallest absolute Gasteiger partial charge is 0.0954 e. The Kier molecular flexibility index (Phi) is 6.61. The average Bonchev–Trinajstić information content (AvgIpc) is 3.16. The summed E-state index contributed by atoms with van der Waals surface area (Å²) in [5.74, 6) is 1.07. The lowest BCUT2D eigenvalue weighted by molar-refractivity contribution is 0.244. The fourth-order valence-electron chi connectivity index (χ4n) is 3.12. The van der Waals surface area contributed by atoms with E-state index in [1.807, 2.05) is 0 Å². The van der Waals surface area contributed by atoms with E-state index in [0.717, 1.165) is 26.2 Å². The van der Waals surface area contributed by atoms with Crippen LogP contribution in [0.1, 0.15) is 67.4 Å². The summed E-state index contributed by atoms with van der Waals surface area (Å²) in [4.78, 5) is 14.7. The lowest BCUT2D eigenvalue weighted by atomic mass is 10.2. The van der Waals surface area contributed by atoms with Crippen molar-refractivity contribution in [1.29, 1.82) is 0 Å². The lowest BCUT2D eigenvalue weighted by Crippen LogP contribution is -2.30. The van der Waals surface area contributed by atoms with Gasteiger partial charge in [-0.3, -0.25) is 9.80 Å². The monoisotopic (exact) mass is 378 g/mol. The summed E-state index contributed by atoms with van der Waals surface area (Å²) in [5.41, 5.74) is 2.48. The number of rotatable bonds is 6. The van der Waals surface area contributed by atoms with E-state index in [4.69, 9.17) is 9.97 Å². The first-order chi connectivity index (χ1) is 12.0. The van der Waals surface area contributed by atoms with Gasteiger partial charge in [0.05, 0.1) is 21.4 Å². The summed E-state index contributed by atoms with van der Waals surface area (Å²) in [6.07, 6.45) is 1.22. The zero-order valence-electron chi connectivity index (χ0n) is 15.9. The minimum Gasteiger partial charge on any atom is -0.296 e. The molecule has 1 aliphatic rings. The zero-order chi connectivity index (χ0) is 17.8. The highest BCUT2D eigenvalue weighted by atomic mass is 32.1. The maximum absolute atomic E-state index is 4.80. The van der Waals surface area contributed by atoms with E-state index < -0.39 is 0 Å². The molecule has 1 saturated heterocycles. The summed E-state index contributed by atoms with van der Waals surface area (Å²) in [6, 6.07) is 0. The maximum Gasteiger partial charge on any atom is 0.0954 e. The van der Waals surface area contributed by atoms with E-state index in [2.05, 4.69) is 48.3 Å². The van der Waals surface area contributed by atoms with Crippen LogP contribution in [0.3, 0.4) is 0 Å². The molecule has 4 nitrogen and oxygen atoms in total. The van der Waals surface area contributed by atoms with Crippen LogP contribution >= 0.6 is 22.7 Å². The second kappa shape index (κ2) is 8.71. The van der Waals surface area contributed by atoms with E-state index >= 15 is 0 Å². The second-order valence-electron chi connectivity index (χ2n) is 7.57. The van der Waals surface area contributed by atoms with E-state index in [0.29, 0.717) is 11.8 Å². The van der Waals surface area contributed by atoms with Crippen LogP contribution in [0.4, 0.5) is 0 Å². The van der Waals surface area contributed by atoms with Crippen LogP contribution in [-0.2, 0) is 13.1 Å². The minimum absolute atomic E-state index is 0.534. The fraction of sp³-hybridized carbons (Fsp3) is 0.684. The first-order valence-corrected chi connectivity index (χ1v) is 11.1. The molecule has 0 atom stereocenters. The molecule has 2 aromatic rings. The van der Waals surface area contributed by atoms with Crippen LogP contribution in [0.5, 0.6) is 0 Å². The summed E-state index contributed by atoms with van der Waals surface area (Å²) >= 11 is 3.61. The van der Waals surface area contributed by atoms with E-state index in [1.54, 1.807) is 22.7 Å². The van der Waals surface area contributed by atoms with Crippen molar-refractivity contribution in [3.05, 3.63) is 32.2 Å². The highest BCUT2D eigenvalue weighted by Crippen LogP contribution is 2.22. The van der Waals surface area contributed by atoms with Crippen molar-refractivity contribution in [2.75, 3.05) is 26.2 Å².